The zero-order chi connectivity index (χ0) is 47.2. The third kappa shape index (κ3) is 51.8. The van der Waals surface area contributed by atoms with Gasteiger partial charge in [0.15, 0.2) is 0 Å². The Labute approximate surface area is 406 Å². The van der Waals surface area contributed by atoms with E-state index in [0.29, 0.717) is 25.9 Å². The molecule has 6 heteroatoms. The number of aliphatic hydroxyl groups is 2. The van der Waals surface area contributed by atoms with Gasteiger partial charge in [-0.1, -0.05) is 276 Å². The Hall–Kier alpha value is -1.40. The molecule has 0 heterocycles. The van der Waals surface area contributed by atoms with Crippen LogP contribution < -0.4 is 5.32 Å². The largest absolute Gasteiger partial charge is 0.466 e. The normalized spacial score (nSPS) is 12.6. The Morgan fingerprint density at radius 2 is 0.723 bits per heavy atom. The number of carbonyl (C=O) groups excluding carboxylic acids is 2. The predicted molar refractivity (Wildman–Crippen MR) is 283 cm³/mol. The van der Waals surface area contributed by atoms with Crippen LogP contribution in [0.15, 0.2) is 12.2 Å². The molecule has 386 valence electrons. The van der Waals surface area contributed by atoms with E-state index >= 15 is 0 Å². The summed E-state index contributed by atoms with van der Waals surface area (Å²) in [6.45, 7) is 4.92. The first kappa shape index (κ1) is 63.6. The summed E-state index contributed by atoms with van der Waals surface area (Å²) in [5.74, 6) is -0.0654. The molecule has 65 heavy (non-hydrogen) atoms. The molecule has 0 aliphatic carbocycles. The second-order valence-electron chi connectivity index (χ2n) is 20.3. The zero-order valence-electron chi connectivity index (χ0n) is 44.0. The first-order chi connectivity index (χ1) is 32.0. The highest BCUT2D eigenvalue weighted by Gasteiger charge is 2.20. The number of rotatable bonds is 55. The molecule has 0 bridgehead atoms. The Bertz CT molecular complexity index is 970. The third-order valence-corrected chi connectivity index (χ3v) is 13.8. The topological polar surface area (TPSA) is 95.9 Å². The Kier molecular flexibility index (Phi) is 54.0. The monoisotopic (exact) mass is 918 g/mol. The van der Waals surface area contributed by atoms with Crippen LogP contribution in [-0.4, -0.2) is 47.4 Å². The molecule has 0 fully saturated rings. The molecule has 0 aromatic rings. The molecule has 2 atom stereocenters. The lowest BCUT2D eigenvalue weighted by atomic mass is 10.0. The van der Waals surface area contributed by atoms with Crippen LogP contribution >= 0.6 is 0 Å². The number of hydrogen-bond acceptors (Lipinski definition) is 5. The summed E-state index contributed by atoms with van der Waals surface area (Å²) in [5.41, 5.74) is 0. The highest BCUT2D eigenvalue weighted by Crippen LogP contribution is 2.18. The molecule has 1 amide bonds. The minimum Gasteiger partial charge on any atom is -0.466 e. The number of ether oxygens (including phenoxy) is 1. The third-order valence-electron chi connectivity index (χ3n) is 13.8. The predicted octanol–water partition coefficient (Wildman–Crippen LogP) is 18.1. The molecule has 0 spiro atoms. The van der Waals surface area contributed by atoms with Crippen molar-refractivity contribution in [2.24, 2.45) is 0 Å². The summed E-state index contributed by atoms with van der Waals surface area (Å²) < 4.78 is 5.45. The quantitative estimate of drug-likeness (QED) is 0.0321. The number of allylic oxidation sites excluding steroid dienone is 2. The van der Waals surface area contributed by atoms with Crippen molar-refractivity contribution in [1.29, 1.82) is 0 Å². The van der Waals surface area contributed by atoms with Crippen LogP contribution in [0, 0.1) is 0 Å². The molecule has 0 aliphatic heterocycles. The van der Waals surface area contributed by atoms with E-state index in [-0.39, 0.29) is 18.5 Å². The van der Waals surface area contributed by atoms with E-state index in [9.17, 15) is 19.8 Å². The van der Waals surface area contributed by atoms with E-state index in [1.54, 1.807) is 0 Å². The Morgan fingerprint density at radius 3 is 1.12 bits per heavy atom. The van der Waals surface area contributed by atoms with E-state index in [1.165, 1.54) is 238 Å². The molecular weight excluding hydrogens is 803 g/mol. The molecule has 0 aliphatic rings. The molecule has 0 aromatic carbocycles. The van der Waals surface area contributed by atoms with Crippen LogP contribution in [-0.2, 0) is 14.3 Å². The van der Waals surface area contributed by atoms with Gasteiger partial charge in [0.2, 0.25) is 5.91 Å². The van der Waals surface area contributed by atoms with Gasteiger partial charge in [-0.3, -0.25) is 9.59 Å². The molecule has 0 saturated heterocycles. The lowest BCUT2D eigenvalue weighted by Gasteiger charge is -2.22. The van der Waals surface area contributed by atoms with Crippen LogP contribution in [0.1, 0.15) is 328 Å². The first-order valence-electron chi connectivity index (χ1n) is 29.4. The maximum Gasteiger partial charge on any atom is 0.305 e. The van der Waals surface area contributed by atoms with Gasteiger partial charge in [-0.25, -0.2) is 0 Å². The van der Waals surface area contributed by atoms with Gasteiger partial charge in [0.05, 0.1) is 25.4 Å². The van der Waals surface area contributed by atoms with E-state index in [4.69, 9.17) is 4.74 Å². The zero-order valence-corrected chi connectivity index (χ0v) is 44.0. The average molecular weight is 919 g/mol. The van der Waals surface area contributed by atoms with Crippen molar-refractivity contribution in [3.05, 3.63) is 12.2 Å². The van der Waals surface area contributed by atoms with Gasteiger partial charge in [-0.05, 0) is 51.4 Å². The van der Waals surface area contributed by atoms with Gasteiger partial charge in [-0.15, -0.1) is 0 Å². The first-order valence-corrected chi connectivity index (χ1v) is 29.4. The number of nitrogens with one attached hydrogen (secondary N) is 1. The van der Waals surface area contributed by atoms with Crippen molar-refractivity contribution >= 4 is 11.9 Å². The SMILES string of the molecule is CCCCC/C=C\CCCCCCCC(=O)OCCCCCCCCCCCCCCC(=O)NC(CO)C(O)CCCCCCCCCCCCCCCCCCCCCCCCCC. The second kappa shape index (κ2) is 55.2. The summed E-state index contributed by atoms with van der Waals surface area (Å²) in [5, 5.41) is 23.4. The fourth-order valence-electron chi connectivity index (χ4n) is 9.28. The standard InChI is InChI=1S/C59H115NO5/c1-3-5-7-9-11-13-15-17-18-19-20-21-22-23-24-25-26-27-28-31-35-39-43-47-51-57(62)56(55-61)60-58(63)52-48-44-40-36-32-29-30-34-38-42-46-50-54-65-59(64)53-49-45-41-37-33-16-14-12-10-8-6-4-2/h12,14,56-57,61-62H,3-11,13,15-55H2,1-2H3,(H,60,63)/b14-12-. The number of hydrogen-bond donors (Lipinski definition) is 3. The van der Waals surface area contributed by atoms with Crippen LogP contribution in [0.2, 0.25) is 0 Å². The van der Waals surface area contributed by atoms with Crippen molar-refractivity contribution in [2.45, 2.75) is 341 Å². The van der Waals surface area contributed by atoms with Crippen molar-refractivity contribution in [2.75, 3.05) is 13.2 Å². The minimum absolute atomic E-state index is 0.0181. The van der Waals surface area contributed by atoms with Crippen molar-refractivity contribution in [3.63, 3.8) is 0 Å². The van der Waals surface area contributed by atoms with Crippen molar-refractivity contribution < 1.29 is 24.5 Å². The van der Waals surface area contributed by atoms with E-state index < -0.39 is 12.1 Å². The number of aliphatic hydroxyl groups excluding tert-OH is 2. The van der Waals surface area contributed by atoms with Crippen molar-refractivity contribution in [3.8, 4) is 0 Å². The minimum atomic E-state index is -0.675. The number of unbranched alkanes of at least 4 members (excludes halogenated alkanes) is 42. The molecular formula is C59H115NO5. The Morgan fingerprint density at radius 1 is 0.415 bits per heavy atom. The van der Waals surface area contributed by atoms with Crippen molar-refractivity contribution in [1.82, 2.24) is 5.32 Å². The van der Waals surface area contributed by atoms with Gasteiger partial charge in [0.25, 0.3) is 0 Å². The number of amides is 1. The maximum atomic E-state index is 12.5. The average Bonchev–Trinajstić information content (AvgIpc) is 3.31. The highest BCUT2D eigenvalue weighted by molar-refractivity contribution is 5.76. The summed E-state index contributed by atoms with van der Waals surface area (Å²) in [6, 6.07) is -0.554. The lowest BCUT2D eigenvalue weighted by Crippen LogP contribution is -2.45. The van der Waals surface area contributed by atoms with Crippen LogP contribution in [0.4, 0.5) is 0 Å². The number of esters is 1. The molecule has 6 nitrogen and oxygen atoms in total. The van der Waals surface area contributed by atoms with Gasteiger partial charge >= 0.3 is 5.97 Å². The fourth-order valence-corrected chi connectivity index (χ4v) is 9.28. The summed E-state index contributed by atoms with van der Waals surface area (Å²) in [7, 11) is 0. The lowest BCUT2D eigenvalue weighted by molar-refractivity contribution is -0.143. The number of carbonyl (C=O) groups is 2. The smallest absolute Gasteiger partial charge is 0.305 e. The summed E-state index contributed by atoms with van der Waals surface area (Å²) in [4.78, 5) is 24.5. The van der Waals surface area contributed by atoms with Crippen LogP contribution in [0.25, 0.3) is 0 Å². The van der Waals surface area contributed by atoms with E-state index in [1.807, 2.05) is 0 Å². The molecule has 0 radical (unpaired) electrons. The summed E-state index contributed by atoms with van der Waals surface area (Å²) in [6.07, 6.45) is 64.9. The van der Waals surface area contributed by atoms with E-state index in [2.05, 4.69) is 31.3 Å². The van der Waals surface area contributed by atoms with E-state index in [0.717, 1.165) is 57.8 Å². The molecule has 2 unspecified atom stereocenters. The van der Waals surface area contributed by atoms with Gasteiger partial charge in [0.1, 0.15) is 0 Å². The molecule has 0 aromatic heterocycles. The summed E-state index contributed by atoms with van der Waals surface area (Å²) >= 11 is 0. The van der Waals surface area contributed by atoms with Gasteiger partial charge < -0.3 is 20.3 Å². The van der Waals surface area contributed by atoms with Gasteiger partial charge in [-0.2, -0.15) is 0 Å². The molecule has 0 rings (SSSR count). The molecule has 0 saturated carbocycles. The van der Waals surface area contributed by atoms with Crippen LogP contribution in [0.3, 0.4) is 0 Å². The molecule has 3 N–H and O–H groups in total. The Balaban J connectivity index is 3.45. The second-order valence-corrected chi connectivity index (χ2v) is 20.3. The highest BCUT2D eigenvalue weighted by atomic mass is 16.5. The van der Waals surface area contributed by atoms with Gasteiger partial charge in [0, 0.05) is 12.8 Å². The van der Waals surface area contributed by atoms with Crippen LogP contribution in [0.5, 0.6) is 0 Å². The maximum absolute atomic E-state index is 12.5. The fraction of sp³-hybridized carbons (Fsp3) is 0.932.